The second-order valence-electron chi connectivity index (χ2n) is 20.7. The first-order valence-corrected chi connectivity index (χ1v) is 30.4. The van der Waals surface area contributed by atoms with E-state index in [0.29, 0.717) is 0 Å². The quantitative estimate of drug-likeness (QED) is 0.0208. The monoisotopic (exact) mass is 1000 g/mol. The summed E-state index contributed by atoms with van der Waals surface area (Å²) >= 11 is 0. The van der Waals surface area contributed by atoms with Crippen LogP contribution in [0, 0.1) is 13.8 Å². The van der Waals surface area contributed by atoms with E-state index in [1.165, 1.54) is 227 Å². The first-order valence-electron chi connectivity index (χ1n) is 30.4. The molecule has 1 aliphatic heterocycles. The summed E-state index contributed by atoms with van der Waals surface area (Å²) in [5, 5.41) is 0. The molecule has 70 heavy (non-hydrogen) atoms. The summed E-state index contributed by atoms with van der Waals surface area (Å²) < 4.78 is 1.45. The van der Waals surface area contributed by atoms with E-state index < -0.39 is 0 Å². The van der Waals surface area contributed by atoms with Gasteiger partial charge in [0, 0.05) is 22.8 Å². The van der Waals surface area contributed by atoms with E-state index in [2.05, 4.69) is 115 Å². The van der Waals surface area contributed by atoms with Crippen LogP contribution < -0.4 is 0 Å². The standard InChI is InChI=1S/C31H40N2.2C18H37.Ni/c1-4-7-10-11-12-17-26-18-13-14-19-29(26)30-24-28(16-9-6-3)31(33(30)32)27-22-20-25(21-23-27)15-8-5-2;2*1-3-5-7-9-11-13-15-17-18-16-14-12-10-8-6-4-2;/h7,10,13-14,18-24H,4-6,8-9,11-12,15-17H2,1-3H3;2*1,3-18H2,2H3;/q;2*-1;+2. The predicted octanol–water partition coefficient (Wildman–Crippen LogP) is 23.5. The second-order valence-corrected chi connectivity index (χ2v) is 20.7. The molecule has 0 radical (unpaired) electrons. The summed E-state index contributed by atoms with van der Waals surface area (Å²) in [6.45, 7) is 19.0. The second kappa shape index (κ2) is 51.6. The number of allylic oxidation sites excluding steroid dienone is 4. The van der Waals surface area contributed by atoms with Gasteiger partial charge in [0.25, 0.3) is 0 Å². The molecule has 0 N–H and O–H groups in total. The number of rotatable bonds is 43. The summed E-state index contributed by atoms with van der Waals surface area (Å²) in [6.07, 6.45) is 63.5. The Balaban J connectivity index is 0.00000110. The summed E-state index contributed by atoms with van der Waals surface area (Å²) in [5.41, 5.74) is 19.4. The molecule has 1 heterocycles. The zero-order valence-corrected chi connectivity index (χ0v) is 48.2. The predicted molar refractivity (Wildman–Crippen MR) is 312 cm³/mol. The maximum absolute atomic E-state index is 11.4. The van der Waals surface area contributed by atoms with Crippen molar-refractivity contribution in [3.8, 4) is 0 Å². The molecule has 0 fully saturated rings. The van der Waals surface area contributed by atoms with Crippen LogP contribution in [-0.2, 0) is 29.3 Å². The molecule has 0 atom stereocenters. The fourth-order valence-corrected chi connectivity index (χ4v) is 9.60. The van der Waals surface area contributed by atoms with Gasteiger partial charge in [-0.15, -0.1) is 0 Å². The van der Waals surface area contributed by atoms with Crippen LogP contribution in [0.2, 0.25) is 0 Å². The zero-order valence-electron chi connectivity index (χ0n) is 47.2. The Bertz CT molecular complexity index is 1470. The van der Waals surface area contributed by atoms with Gasteiger partial charge in [0.1, 0.15) is 0 Å². The number of hydrogen-bond donors (Lipinski definition) is 0. The Hall–Kier alpha value is -2.25. The molecule has 402 valence electrons. The number of benzene rings is 2. The topological polar surface area (TPSA) is 25.3 Å². The Morgan fingerprint density at radius 1 is 0.429 bits per heavy atom. The molecule has 2 nitrogen and oxygen atoms in total. The van der Waals surface area contributed by atoms with Crippen molar-refractivity contribution >= 4 is 11.4 Å². The molecule has 1 aliphatic rings. The van der Waals surface area contributed by atoms with Crippen LogP contribution in [-0.4, -0.2) is 4.70 Å². The van der Waals surface area contributed by atoms with Gasteiger partial charge >= 0.3 is 16.5 Å². The van der Waals surface area contributed by atoms with E-state index in [0.717, 1.165) is 86.7 Å². The van der Waals surface area contributed by atoms with Crippen molar-refractivity contribution < 1.29 is 21.2 Å². The molecular weight excluding hydrogens is 891 g/mol. The molecule has 3 rings (SSSR count). The Kier molecular flexibility index (Phi) is 50.0. The molecule has 0 saturated carbocycles. The first kappa shape index (κ1) is 67.8. The SMILES string of the molecule is CCC=CCCCc1ccccc1C1=CC(CCCC)=C(c2ccc(CCCC)cc2)[N+]1=[N-].[CH2-]CCCCCCCCCCCCCCCCC.[CH2-]CCCCCCCCCCCCCCCCC.[Ni+2]. The summed E-state index contributed by atoms with van der Waals surface area (Å²) in [5.74, 6) is 0. The molecule has 0 spiro atoms. The van der Waals surface area contributed by atoms with Crippen LogP contribution in [0.5, 0.6) is 0 Å². The molecular formula is C67H114N2Ni. The van der Waals surface area contributed by atoms with E-state index in [1.54, 1.807) is 0 Å². The summed E-state index contributed by atoms with van der Waals surface area (Å²) in [4.78, 5) is 0. The molecule has 2 aromatic carbocycles. The van der Waals surface area contributed by atoms with Crippen LogP contribution in [0.3, 0.4) is 0 Å². The van der Waals surface area contributed by atoms with Gasteiger partial charge in [-0.25, -0.2) is 4.70 Å². The summed E-state index contributed by atoms with van der Waals surface area (Å²) in [7, 11) is 0. The maximum atomic E-state index is 11.4. The fraction of sp³-hybridized carbons (Fsp3) is 0.701. The summed E-state index contributed by atoms with van der Waals surface area (Å²) in [6, 6.07) is 17.4. The van der Waals surface area contributed by atoms with Gasteiger partial charge in [-0.2, -0.15) is 12.8 Å². The average molecular weight is 1010 g/mol. The van der Waals surface area contributed by atoms with Crippen LogP contribution in [0.25, 0.3) is 16.9 Å². The molecule has 3 heteroatoms. The van der Waals surface area contributed by atoms with E-state index >= 15 is 0 Å². The minimum atomic E-state index is 0. The van der Waals surface area contributed by atoms with Crippen LogP contribution in [0.1, 0.15) is 314 Å². The third kappa shape index (κ3) is 35.8. The maximum Gasteiger partial charge on any atom is 2.00 e. The normalized spacial score (nSPS) is 12.2. The third-order valence-electron chi connectivity index (χ3n) is 14.1. The molecule has 0 bridgehead atoms. The minimum absolute atomic E-state index is 0. The Morgan fingerprint density at radius 3 is 1.24 bits per heavy atom. The van der Waals surface area contributed by atoms with Crippen LogP contribution in [0.15, 0.2) is 72.3 Å². The first-order chi connectivity index (χ1) is 34.0. The van der Waals surface area contributed by atoms with Crippen LogP contribution in [0.4, 0.5) is 0 Å². The Morgan fingerprint density at radius 2 is 0.829 bits per heavy atom. The van der Waals surface area contributed by atoms with Gasteiger partial charge in [-0.3, -0.25) is 0 Å². The minimum Gasteiger partial charge on any atom is -0.493 e. The number of aryl methyl sites for hydroxylation is 2. The van der Waals surface area contributed by atoms with Gasteiger partial charge < -0.3 is 19.4 Å². The van der Waals surface area contributed by atoms with E-state index in [9.17, 15) is 5.53 Å². The van der Waals surface area contributed by atoms with E-state index in [1.807, 2.05) is 0 Å². The van der Waals surface area contributed by atoms with Crippen molar-refractivity contribution in [2.75, 3.05) is 0 Å². The molecule has 2 aromatic rings. The molecule has 0 unspecified atom stereocenters. The van der Waals surface area contributed by atoms with Crippen molar-refractivity contribution in [3.63, 3.8) is 0 Å². The fourth-order valence-electron chi connectivity index (χ4n) is 9.60. The molecule has 0 aliphatic carbocycles. The molecule has 0 aromatic heterocycles. The van der Waals surface area contributed by atoms with Gasteiger partial charge in [0.05, 0.1) is 0 Å². The van der Waals surface area contributed by atoms with E-state index in [-0.39, 0.29) is 16.5 Å². The van der Waals surface area contributed by atoms with Gasteiger partial charge in [0.15, 0.2) is 0 Å². The Labute approximate surface area is 448 Å². The van der Waals surface area contributed by atoms with Gasteiger partial charge in [-0.05, 0) is 80.7 Å². The van der Waals surface area contributed by atoms with Crippen LogP contribution >= 0.6 is 0 Å². The van der Waals surface area contributed by atoms with Crippen molar-refractivity contribution in [3.05, 3.63) is 114 Å². The molecule has 0 saturated heterocycles. The smallest absolute Gasteiger partial charge is 0.493 e. The third-order valence-corrected chi connectivity index (χ3v) is 14.1. The van der Waals surface area contributed by atoms with Crippen molar-refractivity contribution in [2.45, 2.75) is 304 Å². The number of unbranched alkanes of at least 4 members (excludes halogenated alkanes) is 33. The van der Waals surface area contributed by atoms with Crippen molar-refractivity contribution in [1.29, 1.82) is 0 Å². The molecule has 0 amide bonds. The average Bonchev–Trinajstić information content (AvgIpc) is 3.70. The van der Waals surface area contributed by atoms with E-state index in [4.69, 9.17) is 0 Å². The zero-order chi connectivity index (χ0) is 50.1. The van der Waals surface area contributed by atoms with Gasteiger partial charge in [0.2, 0.25) is 11.4 Å². The number of nitrogens with zero attached hydrogens (tertiary/aromatic N) is 2. The van der Waals surface area contributed by atoms with Crippen molar-refractivity contribution in [2.24, 2.45) is 0 Å². The van der Waals surface area contributed by atoms with Crippen molar-refractivity contribution in [1.82, 2.24) is 0 Å². The largest absolute Gasteiger partial charge is 2.00 e. The number of hydrogen-bond acceptors (Lipinski definition) is 0. The van der Waals surface area contributed by atoms with Gasteiger partial charge in [-0.1, -0.05) is 283 Å².